The molecular weight excluding hydrogens is 166 g/mol. The van der Waals surface area contributed by atoms with Crippen molar-refractivity contribution in [3.8, 4) is 6.01 Å². The second kappa shape index (κ2) is 4.18. The summed E-state index contributed by atoms with van der Waals surface area (Å²) >= 11 is 0. The van der Waals surface area contributed by atoms with Gasteiger partial charge in [0, 0.05) is 17.8 Å². The van der Waals surface area contributed by atoms with Gasteiger partial charge in [-0.15, -0.1) is 0 Å². The number of ether oxygens (including phenoxy) is 1. The minimum Gasteiger partial charge on any atom is -0.467 e. The number of hydrogen-bond donors (Lipinski definition) is 1. The average molecular weight is 181 g/mol. The molecule has 1 unspecified atom stereocenters. The average Bonchev–Trinajstić information content (AvgIpc) is 2.16. The van der Waals surface area contributed by atoms with Gasteiger partial charge in [0.1, 0.15) is 0 Å². The van der Waals surface area contributed by atoms with Crippen LogP contribution in [-0.2, 0) is 6.42 Å². The van der Waals surface area contributed by atoms with Gasteiger partial charge in [-0.1, -0.05) is 6.92 Å². The van der Waals surface area contributed by atoms with Gasteiger partial charge >= 0.3 is 6.01 Å². The smallest absolute Gasteiger partial charge is 0.316 e. The Hall–Kier alpha value is -1.16. The molecule has 1 heterocycles. The molecule has 0 amide bonds. The van der Waals surface area contributed by atoms with Crippen molar-refractivity contribution in [3.63, 3.8) is 0 Å². The Labute approximate surface area is 78.1 Å². The van der Waals surface area contributed by atoms with E-state index in [4.69, 9.17) is 10.5 Å². The molecule has 0 aliphatic carbocycles. The van der Waals surface area contributed by atoms with Gasteiger partial charge in [0.15, 0.2) is 0 Å². The lowest BCUT2D eigenvalue weighted by atomic mass is 10.1. The summed E-state index contributed by atoms with van der Waals surface area (Å²) < 4.78 is 4.93. The van der Waals surface area contributed by atoms with Gasteiger partial charge in [0.25, 0.3) is 0 Å². The topological polar surface area (TPSA) is 61.0 Å². The number of aromatic nitrogens is 2. The van der Waals surface area contributed by atoms with Gasteiger partial charge in [-0.05, 0) is 13.3 Å². The van der Waals surface area contributed by atoms with Crippen molar-refractivity contribution >= 4 is 0 Å². The van der Waals surface area contributed by atoms with Crippen molar-refractivity contribution in [2.24, 2.45) is 5.73 Å². The van der Waals surface area contributed by atoms with Gasteiger partial charge in [-0.2, -0.15) is 4.98 Å². The standard InChI is InChI=1S/C9H15N3O/c1-4-8-7(6(2)10)5-11-9(12-8)13-3/h5-6H,4,10H2,1-3H3. The monoisotopic (exact) mass is 181 g/mol. The van der Waals surface area contributed by atoms with E-state index in [2.05, 4.69) is 9.97 Å². The molecule has 1 aromatic heterocycles. The van der Waals surface area contributed by atoms with Crippen LogP contribution in [0.5, 0.6) is 6.01 Å². The normalized spacial score (nSPS) is 12.6. The molecule has 0 radical (unpaired) electrons. The van der Waals surface area contributed by atoms with Crippen LogP contribution in [0.25, 0.3) is 0 Å². The van der Waals surface area contributed by atoms with Crippen molar-refractivity contribution in [1.82, 2.24) is 9.97 Å². The van der Waals surface area contributed by atoms with Crippen LogP contribution in [0.15, 0.2) is 6.20 Å². The van der Waals surface area contributed by atoms with Crippen LogP contribution < -0.4 is 10.5 Å². The summed E-state index contributed by atoms with van der Waals surface area (Å²) in [7, 11) is 1.56. The minimum absolute atomic E-state index is 0.0270. The highest BCUT2D eigenvalue weighted by atomic mass is 16.5. The van der Waals surface area contributed by atoms with Crippen molar-refractivity contribution in [2.45, 2.75) is 26.3 Å². The first kappa shape index (κ1) is 9.92. The maximum atomic E-state index is 5.76. The number of nitrogens with two attached hydrogens (primary N) is 1. The molecule has 0 saturated carbocycles. The minimum atomic E-state index is -0.0270. The fraction of sp³-hybridized carbons (Fsp3) is 0.556. The zero-order valence-electron chi connectivity index (χ0n) is 8.24. The Balaban J connectivity index is 3.08. The highest BCUT2D eigenvalue weighted by Gasteiger charge is 2.08. The summed E-state index contributed by atoms with van der Waals surface area (Å²) in [5.74, 6) is 0. The van der Waals surface area contributed by atoms with Gasteiger partial charge in [-0.25, -0.2) is 4.98 Å². The van der Waals surface area contributed by atoms with E-state index in [1.54, 1.807) is 13.3 Å². The van der Waals surface area contributed by atoms with Crippen molar-refractivity contribution in [3.05, 3.63) is 17.5 Å². The molecule has 2 N–H and O–H groups in total. The van der Waals surface area contributed by atoms with Gasteiger partial charge in [0.2, 0.25) is 0 Å². The zero-order valence-corrected chi connectivity index (χ0v) is 8.24. The van der Waals surface area contributed by atoms with Crippen molar-refractivity contribution < 1.29 is 4.74 Å². The fourth-order valence-corrected chi connectivity index (χ4v) is 1.17. The SMILES string of the molecule is CCc1nc(OC)ncc1C(C)N. The molecule has 0 fully saturated rings. The third-order valence-electron chi connectivity index (χ3n) is 1.89. The molecule has 0 aromatic carbocycles. The first-order valence-corrected chi connectivity index (χ1v) is 4.34. The largest absolute Gasteiger partial charge is 0.467 e. The van der Waals surface area contributed by atoms with E-state index in [0.717, 1.165) is 17.7 Å². The molecule has 1 atom stereocenters. The number of aryl methyl sites for hydroxylation is 1. The van der Waals surface area contributed by atoms with Gasteiger partial charge in [0.05, 0.1) is 12.8 Å². The maximum Gasteiger partial charge on any atom is 0.316 e. The number of methoxy groups -OCH3 is 1. The highest BCUT2D eigenvalue weighted by molar-refractivity contribution is 5.22. The number of nitrogens with zero attached hydrogens (tertiary/aromatic N) is 2. The highest BCUT2D eigenvalue weighted by Crippen LogP contribution is 2.15. The number of hydrogen-bond acceptors (Lipinski definition) is 4. The third-order valence-corrected chi connectivity index (χ3v) is 1.89. The molecule has 0 bridgehead atoms. The summed E-state index contributed by atoms with van der Waals surface area (Å²) in [5.41, 5.74) is 7.71. The van der Waals surface area contributed by atoms with Crippen LogP contribution in [0, 0.1) is 0 Å². The van der Waals surface area contributed by atoms with E-state index in [0.29, 0.717) is 6.01 Å². The van der Waals surface area contributed by atoms with Crippen LogP contribution in [0.4, 0.5) is 0 Å². The van der Waals surface area contributed by atoms with Gasteiger partial charge < -0.3 is 10.5 Å². The molecule has 13 heavy (non-hydrogen) atoms. The first-order chi connectivity index (χ1) is 6.19. The molecule has 0 aliphatic heterocycles. The summed E-state index contributed by atoms with van der Waals surface area (Å²) in [6.07, 6.45) is 2.57. The molecule has 1 rings (SSSR count). The molecule has 4 heteroatoms. The van der Waals surface area contributed by atoms with Crippen LogP contribution >= 0.6 is 0 Å². The van der Waals surface area contributed by atoms with E-state index in [1.165, 1.54) is 0 Å². The summed E-state index contributed by atoms with van der Waals surface area (Å²) in [4.78, 5) is 8.23. The predicted molar refractivity (Wildman–Crippen MR) is 50.6 cm³/mol. The molecule has 1 aromatic rings. The Morgan fingerprint density at radius 2 is 2.31 bits per heavy atom. The molecule has 0 aliphatic rings. The second-order valence-electron chi connectivity index (χ2n) is 2.90. The van der Waals surface area contributed by atoms with E-state index < -0.39 is 0 Å². The van der Waals surface area contributed by atoms with Gasteiger partial charge in [-0.3, -0.25) is 0 Å². The summed E-state index contributed by atoms with van der Waals surface area (Å²) in [6, 6.07) is 0.377. The van der Waals surface area contributed by atoms with E-state index >= 15 is 0 Å². The first-order valence-electron chi connectivity index (χ1n) is 4.34. The quantitative estimate of drug-likeness (QED) is 0.757. The van der Waals surface area contributed by atoms with Crippen LogP contribution in [-0.4, -0.2) is 17.1 Å². The Bertz CT molecular complexity index is 286. The van der Waals surface area contributed by atoms with Crippen LogP contribution in [0.1, 0.15) is 31.1 Å². The molecule has 72 valence electrons. The summed E-state index contributed by atoms with van der Waals surface area (Å²) in [5, 5.41) is 0. The second-order valence-corrected chi connectivity index (χ2v) is 2.90. The van der Waals surface area contributed by atoms with Crippen molar-refractivity contribution in [2.75, 3.05) is 7.11 Å². The van der Waals surface area contributed by atoms with Crippen LogP contribution in [0.2, 0.25) is 0 Å². The molecule has 0 saturated heterocycles. The van der Waals surface area contributed by atoms with E-state index in [9.17, 15) is 0 Å². The van der Waals surface area contributed by atoms with Crippen molar-refractivity contribution in [1.29, 1.82) is 0 Å². The third kappa shape index (κ3) is 2.15. The predicted octanol–water partition coefficient (Wildman–Crippen LogP) is 1.07. The Morgan fingerprint density at radius 1 is 1.62 bits per heavy atom. The lowest BCUT2D eigenvalue weighted by molar-refractivity contribution is 0.377. The van der Waals surface area contributed by atoms with Crippen LogP contribution in [0.3, 0.4) is 0 Å². The Kier molecular flexibility index (Phi) is 3.19. The maximum absolute atomic E-state index is 5.76. The lowest BCUT2D eigenvalue weighted by Gasteiger charge is -2.10. The zero-order chi connectivity index (χ0) is 9.84. The fourth-order valence-electron chi connectivity index (χ4n) is 1.17. The van der Waals surface area contributed by atoms with E-state index in [1.807, 2.05) is 13.8 Å². The summed E-state index contributed by atoms with van der Waals surface area (Å²) in [6.45, 7) is 3.96. The molecule has 0 spiro atoms. The lowest BCUT2D eigenvalue weighted by Crippen LogP contribution is -2.10. The molecular formula is C9H15N3O. The molecule has 4 nitrogen and oxygen atoms in total. The number of rotatable bonds is 3. The van der Waals surface area contributed by atoms with E-state index in [-0.39, 0.29) is 6.04 Å². The Morgan fingerprint density at radius 3 is 2.77 bits per heavy atom.